The second kappa shape index (κ2) is 6.70. The van der Waals surface area contributed by atoms with Gasteiger partial charge in [0.1, 0.15) is 5.56 Å². The lowest BCUT2D eigenvalue weighted by Crippen LogP contribution is -2.43. The molecule has 1 aliphatic carbocycles. The molecule has 1 aromatic rings. The molecule has 20 heavy (non-hydrogen) atoms. The van der Waals surface area contributed by atoms with Gasteiger partial charge in [0.05, 0.1) is 7.11 Å². The minimum Gasteiger partial charge on any atom is -0.480 e. The van der Waals surface area contributed by atoms with Crippen LogP contribution in [0.5, 0.6) is 5.88 Å². The van der Waals surface area contributed by atoms with Gasteiger partial charge in [0, 0.05) is 12.7 Å². The summed E-state index contributed by atoms with van der Waals surface area (Å²) in [5, 5.41) is 3.00. The second-order valence-corrected chi connectivity index (χ2v) is 5.51. The summed E-state index contributed by atoms with van der Waals surface area (Å²) in [4.78, 5) is 16.3. The summed E-state index contributed by atoms with van der Waals surface area (Å²) in [6.07, 6.45) is 7.46. The van der Waals surface area contributed by atoms with Crippen LogP contribution in [0.1, 0.15) is 42.5 Å². The lowest BCUT2D eigenvalue weighted by atomic mass is 9.74. The Balaban J connectivity index is 2.00. The first-order chi connectivity index (χ1) is 9.71. The molecule has 5 nitrogen and oxygen atoms in total. The minimum absolute atomic E-state index is 0.0589. The summed E-state index contributed by atoms with van der Waals surface area (Å²) in [6, 6.07) is 3.45. The van der Waals surface area contributed by atoms with E-state index in [0.717, 1.165) is 12.8 Å². The highest BCUT2D eigenvalue weighted by molar-refractivity contribution is 5.96. The molecule has 2 rings (SSSR count). The van der Waals surface area contributed by atoms with E-state index in [4.69, 9.17) is 10.5 Å². The predicted octanol–water partition coefficient (Wildman–Crippen LogP) is 1.73. The third kappa shape index (κ3) is 3.28. The molecule has 110 valence electrons. The van der Waals surface area contributed by atoms with E-state index in [1.807, 2.05) is 0 Å². The first-order valence-electron chi connectivity index (χ1n) is 7.18. The number of carbonyl (C=O) groups excluding carboxylic acids is 1. The number of aromatic nitrogens is 1. The standard InChI is InChI=1S/C15H23N3O2/c1-20-14-12(6-5-9-17-14)13(19)18-11-15(10-16)7-3-2-4-8-15/h5-6,9H,2-4,7-8,10-11,16H2,1H3,(H,18,19). The molecule has 1 aliphatic rings. The van der Waals surface area contributed by atoms with Gasteiger partial charge in [-0.3, -0.25) is 4.79 Å². The van der Waals surface area contributed by atoms with E-state index in [9.17, 15) is 4.79 Å². The Morgan fingerprint density at radius 1 is 1.45 bits per heavy atom. The van der Waals surface area contributed by atoms with Gasteiger partial charge in [-0.25, -0.2) is 4.98 Å². The van der Waals surface area contributed by atoms with Crippen molar-refractivity contribution < 1.29 is 9.53 Å². The Hall–Kier alpha value is -1.62. The summed E-state index contributed by atoms with van der Waals surface area (Å²) < 4.78 is 5.11. The Morgan fingerprint density at radius 2 is 2.20 bits per heavy atom. The zero-order chi connectivity index (χ0) is 14.4. The molecule has 0 saturated heterocycles. The van der Waals surface area contributed by atoms with Gasteiger partial charge in [0.2, 0.25) is 5.88 Å². The zero-order valence-corrected chi connectivity index (χ0v) is 12.0. The van der Waals surface area contributed by atoms with Crippen molar-refractivity contribution in [3.05, 3.63) is 23.9 Å². The van der Waals surface area contributed by atoms with Crippen LogP contribution in [0, 0.1) is 5.41 Å². The fourth-order valence-electron chi connectivity index (χ4n) is 2.84. The number of pyridine rings is 1. The highest BCUT2D eigenvalue weighted by atomic mass is 16.5. The van der Waals surface area contributed by atoms with Gasteiger partial charge in [0.15, 0.2) is 0 Å². The smallest absolute Gasteiger partial charge is 0.256 e. The minimum atomic E-state index is -0.145. The Kier molecular flexibility index (Phi) is 4.95. The number of ether oxygens (including phenoxy) is 1. The SMILES string of the molecule is COc1ncccc1C(=O)NCC1(CN)CCCCC1. The van der Waals surface area contributed by atoms with Crippen LogP contribution in [0.2, 0.25) is 0 Å². The fraction of sp³-hybridized carbons (Fsp3) is 0.600. The van der Waals surface area contributed by atoms with E-state index in [1.165, 1.54) is 26.4 Å². The van der Waals surface area contributed by atoms with E-state index >= 15 is 0 Å². The number of nitrogens with two attached hydrogens (primary N) is 1. The summed E-state index contributed by atoms with van der Waals surface area (Å²) in [7, 11) is 1.52. The van der Waals surface area contributed by atoms with Crippen molar-refractivity contribution in [3.63, 3.8) is 0 Å². The molecule has 1 saturated carbocycles. The zero-order valence-electron chi connectivity index (χ0n) is 12.0. The number of amides is 1. The molecule has 1 heterocycles. The molecule has 0 unspecified atom stereocenters. The molecule has 0 aliphatic heterocycles. The van der Waals surface area contributed by atoms with Gasteiger partial charge in [-0.2, -0.15) is 0 Å². The first kappa shape index (κ1) is 14.8. The van der Waals surface area contributed by atoms with Crippen LogP contribution >= 0.6 is 0 Å². The van der Waals surface area contributed by atoms with Gasteiger partial charge >= 0.3 is 0 Å². The van der Waals surface area contributed by atoms with Crippen LogP contribution in [-0.4, -0.2) is 31.1 Å². The fourth-order valence-corrected chi connectivity index (χ4v) is 2.84. The molecule has 0 aromatic carbocycles. The number of hydrogen-bond donors (Lipinski definition) is 2. The van der Waals surface area contributed by atoms with Crippen LogP contribution in [0.15, 0.2) is 18.3 Å². The second-order valence-electron chi connectivity index (χ2n) is 5.51. The third-order valence-corrected chi connectivity index (χ3v) is 4.18. The number of hydrogen-bond acceptors (Lipinski definition) is 4. The lowest BCUT2D eigenvalue weighted by Gasteiger charge is -2.36. The van der Waals surface area contributed by atoms with E-state index in [0.29, 0.717) is 24.5 Å². The van der Waals surface area contributed by atoms with Crippen LogP contribution in [0.25, 0.3) is 0 Å². The maximum Gasteiger partial charge on any atom is 0.256 e. The van der Waals surface area contributed by atoms with Crippen LogP contribution in [0.4, 0.5) is 0 Å². The number of nitrogens with one attached hydrogen (secondary N) is 1. The van der Waals surface area contributed by atoms with Crippen molar-refractivity contribution in [2.24, 2.45) is 11.1 Å². The molecule has 0 radical (unpaired) electrons. The quantitative estimate of drug-likeness (QED) is 0.859. The number of rotatable bonds is 5. The van der Waals surface area contributed by atoms with Crippen molar-refractivity contribution in [3.8, 4) is 5.88 Å². The monoisotopic (exact) mass is 277 g/mol. The molecule has 0 spiro atoms. The van der Waals surface area contributed by atoms with E-state index in [-0.39, 0.29) is 11.3 Å². The van der Waals surface area contributed by atoms with Gasteiger partial charge in [0.25, 0.3) is 5.91 Å². The maximum absolute atomic E-state index is 12.3. The predicted molar refractivity (Wildman–Crippen MR) is 77.7 cm³/mol. The average molecular weight is 277 g/mol. The first-order valence-corrected chi connectivity index (χ1v) is 7.18. The van der Waals surface area contributed by atoms with E-state index < -0.39 is 0 Å². The lowest BCUT2D eigenvalue weighted by molar-refractivity contribution is 0.0910. The van der Waals surface area contributed by atoms with Crippen LogP contribution < -0.4 is 15.8 Å². The molecule has 5 heteroatoms. The van der Waals surface area contributed by atoms with Crippen LogP contribution in [0.3, 0.4) is 0 Å². The molecule has 0 atom stereocenters. The Labute approximate surface area is 119 Å². The van der Waals surface area contributed by atoms with E-state index in [1.54, 1.807) is 18.3 Å². The summed E-state index contributed by atoms with van der Waals surface area (Å²) in [5.41, 5.74) is 6.46. The van der Waals surface area contributed by atoms with Gasteiger partial charge in [-0.1, -0.05) is 19.3 Å². The molecule has 0 bridgehead atoms. The largest absolute Gasteiger partial charge is 0.480 e. The summed E-state index contributed by atoms with van der Waals surface area (Å²) in [5.74, 6) is 0.212. The molecule has 3 N–H and O–H groups in total. The normalized spacial score (nSPS) is 17.5. The number of carbonyl (C=O) groups is 1. The average Bonchev–Trinajstić information content (AvgIpc) is 2.53. The molecule has 1 fully saturated rings. The van der Waals surface area contributed by atoms with Crippen molar-refractivity contribution in [2.75, 3.05) is 20.2 Å². The topological polar surface area (TPSA) is 77.2 Å². The summed E-state index contributed by atoms with van der Waals surface area (Å²) >= 11 is 0. The Bertz CT molecular complexity index is 456. The maximum atomic E-state index is 12.3. The highest BCUT2D eigenvalue weighted by Gasteiger charge is 2.31. The highest BCUT2D eigenvalue weighted by Crippen LogP contribution is 2.34. The van der Waals surface area contributed by atoms with Gasteiger partial charge < -0.3 is 15.8 Å². The molecular formula is C15H23N3O2. The van der Waals surface area contributed by atoms with Crippen molar-refractivity contribution in [2.45, 2.75) is 32.1 Å². The molecule has 1 amide bonds. The van der Waals surface area contributed by atoms with Crippen LogP contribution in [-0.2, 0) is 0 Å². The molecular weight excluding hydrogens is 254 g/mol. The van der Waals surface area contributed by atoms with Crippen molar-refractivity contribution >= 4 is 5.91 Å². The van der Waals surface area contributed by atoms with Gasteiger partial charge in [-0.05, 0) is 36.9 Å². The van der Waals surface area contributed by atoms with Crippen molar-refractivity contribution in [1.82, 2.24) is 10.3 Å². The van der Waals surface area contributed by atoms with Gasteiger partial charge in [-0.15, -0.1) is 0 Å². The van der Waals surface area contributed by atoms with E-state index in [2.05, 4.69) is 10.3 Å². The number of nitrogens with zero attached hydrogens (tertiary/aromatic N) is 1. The Morgan fingerprint density at radius 3 is 2.85 bits per heavy atom. The van der Waals surface area contributed by atoms with Crippen molar-refractivity contribution in [1.29, 1.82) is 0 Å². The third-order valence-electron chi connectivity index (χ3n) is 4.18. The summed E-state index contributed by atoms with van der Waals surface area (Å²) in [6.45, 7) is 1.25. The molecule has 1 aromatic heterocycles. The number of methoxy groups -OCH3 is 1.